The molecule has 186 valence electrons. The molecular weight excluding hydrogens is 474 g/mol. The van der Waals surface area contributed by atoms with E-state index in [0.29, 0.717) is 23.2 Å². The molecule has 0 bridgehead atoms. The van der Waals surface area contributed by atoms with E-state index in [1.54, 1.807) is 24.9 Å². The van der Waals surface area contributed by atoms with Gasteiger partial charge in [-0.3, -0.25) is 9.78 Å². The number of halogens is 1. The number of aryl methyl sites for hydroxylation is 1. The number of imidazole rings is 1. The third kappa shape index (κ3) is 5.21. The zero-order valence-corrected chi connectivity index (χ0v) is 21.3. The van der Waals surface area contributed by atoms with Crippen LogP contribution in [0.25, 0.3) is 16.6 Å². The maximum Gasteiger partial charge on any atom is 0.223 e. The van der Waals surface area contributed by atoms with Gasteiger partial charge in [0, 0.05) is 53.9 Å². The van der Waals surface area contributed by atoms with Crippen molar-refractivity contribution < 1.29 is 9.53 Å². The summed E-state index contributed by atoms with van der Waals surface area (Å²) in [5, 5.41) is 4.57. The van der Waals surface area contributed by atoms with Gasteiger partial charge in [0.05, 0.1) is 17.0 Å². The number of rotatable bonds is 7. The number of pyridine rings is 2. The van der Waals surface area contributed by atoms with Crippen LogP contribution in [0.15, 0.2) is 55.4 Å². The van der Waals surface area contributed by atoms with Crippen LogP contribution in [-0.4, -0.2) is 25.4 Å². The first-order valence-corrected chi connectivity index (χ1v) is 12.8. The Morgan fingerprint density at radius 3 is 2.81 bits per heavy atom. The van der Waals surface area contributed by atoms with Crippen LogP contribution >= 0.6 is 11.6 Å². The third-order valence-corrected chi connectivity index (χ3v) is 7.32. The highest BCUT2D eigenvalue weighted by atomic mass is 35.5. The van der Waals surface area contributed by atoms with E-state index < -0.39 is 0 Å². The molecule has 0 saturated heterocycles. The number of amides is 1. The summed E-state index contributed by atoms with van der Waals surface area (Å²) in [4.78, 5) is 25.9. The largest absolute Gasteiger partial charge is 0.487 e. The molecule has 1 aliphatic rings. The van der Waals surface area contributed by atoms with Gasteiger partial charge < -0.3 is 14.6 Å². The van der Waals surface area contributed by atoms with Crippen LogP contribution in [0.4, 0.5) is 0 Å². The molecule has 1 N–H and O–H groups in total. The van der Waals surface area contributed by atoms with Gasteiger partial charge in [0.2, 0.25) is 5.91 Å². The first kappa shape index (κ1) is 24.3. The number of hydrogen-bond donors (Lipinski definition) is 1. The SMILES string of the molecule is Cc1cc(-n2ccnc2)c2cccc(OCc3c(Cl)cncc3CNC(=O)C3CCC(C)CC3)c2n1. The highest BCUT2D eigenvalue weighted by Gasteiger charge is 2.24. The van der Waals surface area contributed by atoms with E-state index in [4.69, 9.17) is 21.3 Å². The van der Waals surface area contributed by atoms with Crippen LogP contribution in [0, 0.1) is 18.8 Å². The van der Waals surface area contributed by atoms with Gasteiger partial charge in [-0.25, -0.2) is 9.97 Å². The summed E-state index contributed by atoms with van der Waals surface area (Å²) in [6, 6.07) is 7.92. The minimum absolute atomic E-state index is 0.0859. The molecule has 0 aliphatic heterocycles. The predicted octanol–water partition coefficient (Wildman–Crippen LogP) is 5.80. The molecule has 36 heavy (non-hydrogen) atoms. The summed E-state index contributed by atoms with van der Waals surface area (Å²) in [6.45, 7) is 4.82. The molecule has 5 rings (SSSR count). The minimum Gasteiger partial charge on any atom is -0.487 e. The number of para-hydroxylation sites is 1. The first-order chi connectivity index (χ1) is 17.5. The average Bonchev–Trinajstić information content (AvgIpc) is 3.42. The molecule has 1 aliphatic carbocycles. The fourth-order valence-corrected chi connectivity index (χ4v) is 5.11. The molecule has 1 aromatic carbocycles. The number of carbonyl (C=O) groups excluding carboxylic acids is 1. The van der Waals surface area contributed by atoms with Gasteiger partial charge in [0.25, 0.3) is 0 Å². The van der Waals surface area contributed by atoms with Gasteiger partial charge in [-0.15, -0.1) is 0 Å². The number of benzene rings is 1. The molecule has 0 atom stereocenters. The average molecular weight is 504 g/mol. The van der Waals surface area contributed by atoms with Crippen molar-refractivity contribution in [3.05, 3.63) is 77.2 Å². The van der Waals surface area contributed by atoms with Crippen LogP contribution < -0.4 is 10.1 Å². The van der Waals surface area contributed by atoms with E-state index >= 15 is 0 Å². The lowest BCUT2D eigenvalue weighted by Gasteiger charge is -2.25. The molecule has 1 amide bonds. The molecule has 1 saturated carbocycles. The molecule has 1 fully saturated rings. The fraction of sp³-hybridized carbons (Fsp3) is 0.357. The molecule has 8 heteroatoms. The fourth-order valence-electron chi connectivity index (χ4n) is 4.88. The zero-order valence-electron chi connectivity index (χ0n) is 20.6. The number of fused-ring (bicyclic) bond motifs is 1. The highest BCUT2D eigenvalue weighted by Crippen LogP contribution is 2.31. The van der Waals surface area contributed by atoms with E-state index in [2.05, 4.69) is 22.2 Å². The number of nitrogens with zero attached hydrogens (tertiary/aromatic N) is 4. The van der Waals surface area contributed by atoms with E-state index in [-0.39, 0.29) is 18.4 Å². The van der Waals surface area contributed by atoms with Gasteiger partial charge in [-0.2, -0.15) is 0 Å². The Morgan fingerprint density at radius 1 is 1.19 bits per heavy atom. The molecule has 0 spiro atoms. The summed E-state index contributed by atoms with van der Waals surface area (Å²) >= 11 is 6.53. The lowest BCUT2D eigenvalue weighted by Crippen LogP contribution is -2.32. The minimum atomic E-state index is 0.0859. The molecule has 0 unspecified atom stereocenters. The predicted molar refractivity (Wildman–Crippen MR) is 140 cm³/mol. The second-order valence-corrected chi connectivity index (χ2v) is 10.0. The smallest absolute Gasteiger partial charge is 0.223 e. The number of aromatic nitrogens is 4. The maximum atomic E-state index is 12.8. The van der Waals surface area contributed by atoms with Crippen molar-refractivity contribution in [3.63, 3.8) is 0 Å². The van der Waals surface area contributed by atoms with Crippen LogP contribution in [0.5, 0.6) is 5.75 Å². The maximum absolute atomic E-state index is 12.8. The molecule has 4 aromatic rings. The zero-order chi connectivity index (χ0) is 25.1. The van der Waals surface area contributed by atoms with Gasteiger partial charge in [-0.1, -0.05) is 30.7 Å². The van der Waals surface area contributed by atoms with Crippen LogP contribution in [0.1, 0.15) is 49.4 Å². The number of nitrogens with one attached hydrogen (secondary N) is 1. The topological polar surface area (TPSA) is 81.9 Å². The molecular formula is C28H30ClN5O2. The number of ether oxygens (including phenoxy) is 1. The Bertz CT molecular complexity index is 1360. The molecule has 7 nitrogen and oxygen atoms in total. The standard InChI is InChI=1S/C28H30ClN5O2/c1-18-6-8-20(9-7-18)28(35)32-14-21-13-31-15-24(29)23(21)16-36-26-5-3-4-22-25(34-11-10-30-17-34)12-19(2)33-27(22)26/h3-5,10-13,15,17-18,20H,6-9,14,16H2,1-2H3,(H,32,35). The Labute approximate surface area is 215 Å². The van der Waals surface area contributed by atoms with Gasteiger partial charge >= 0.3 is 0 Å². The van der Waals surface area contributed by atoms with E-state index in [1.807, 2.05) is 42.0 Å². The van der Waals surface area contributed by atoms with E-state index in [0.717, 1.165) is 59.1 Å². The van der Waals surface area contributed by atoms with Gasteiger partial charge in [-0.05, 0) is 56.2 Å². The Kier molecular flexibility index (Phi) is 7.18. The van der Waals surface area contributed by atoms with Crippen molar-refractivity contribution in [3.8, 4) is 11.4 Å². The van der Waals surface area contributed by atoms with Crippen LogP contribution in [-0.2, 0) is 17.9 Å². The summed E-state index contributed by atoms with van der Waals surface area (Å²) < 4.78 is 8.24. The van der Waals surface area contributed by atoms with Crippen molar-refractivity contribution in [2.75, 3.05) is 0 Å². The van der Waals surface area contributed by atoms with Crippen molar-refractivity contribution in [2.45, 2.75) is 52.7 Å². The Hall–Kier alpha value is -3.45. The molecule has 0 radical (unpaired) electrons. The van der Waals surface area contributed by atoms with Gasteiger partial charge in [0.15, 0.2) is 0 Å². The second kappa shape index (κ2) is 10.7. The van der Waals surface area contributed by atoms with Crippen LogP contribution in [0.2, 0.25) is 5.02 Å². The monoisotopic (exact) mass is 503 g/mol. The summed E-state index contributed by atoms with van der Waals surface area (Å²) in [5.74, 6) is 1.56. The molecule has 3 heterocycles. The Morgan fingerprint density at radius 2 is 2.03 bits per heavy atom. The van der Waals surface area contributed by atoms with E-state index in [9.17, 15) is 4.79 Å². The van der Waals surface area contributed by atoms with Gasteiger partial charge in [0.1, 0.15) is 17.9 Å². The Balaban J connectivity index is 1.35. The molecule has 3 aromatic heterocycles. The normalized spacial score (nSPS) is 17.8. The highest BCUT2D eigenvalue weighted by molar-refractivity contribution is 6.31. The second-order valence-electron chi connectivity index (χ2n) is 9.63. The quantitative estimate of drug-likeness (QED) is 0.344. The summed E-state index contributed by atoms with van der Waals surface area (Å²) in [5.41, 5.74) is 4.30. The lowest BCUT2D eigenvalue weighted by atomic mass is 9.82. The lowest BCUT2D eigenvalue weighted by molar-refractivity contribution is -0.126. The summed E-state index contributed by atoms with van der Waals surface area (Å²) in [7, 11) is 0. The summed E-state index contributed by atoms with van der Waals surface area (Å²) in [6.07, 6.45) is 12.9. The third-order valence-electron chi connectivity index (χ3n) is 7.00. The van der Waals surface area contributed by atoms with E-state index in [1.165, 1.54) is 0 Å². The first-order valence-electron chi connectivity index (χ1n) is 12.4. The van der Waals surface area contributed by atoms with Crippen molar-refractivity contribution in [1.82, 2.24) is 24.8 Å². The van der Waals surface area contributed by atoms with Crippen molar-refractivity contribution >= 4 is 28.4 Å². The van der Waals surface area contributed by atoms with Crippen LogP contribution in [0.3, 0.4) is 0 Å². The van der Waals surface area contributed by atoms with Crippen molar-refractivity contribution in [2.24, 2.45) is 11.8 Å². The number of carbonyl (C=O) groups is 1. The number of hydrogen-bond acceptors (Lipinski definition) is 5. The van der Waals surface area contributed by atoms with Crippen molar-refractivity contribution in [1.29, 1.82) is 0 Å².